The number of rotatable bonds is 15. The van der Waals surface area contributed by atoms with E-state index in [1.54, 1.807) is 0 Å². The molecule has 10 heteroatoms. The molecule has 0 bridgehead atoms. The van der Waals surface area contributed by atoms with Crippen molar-refractivity contribution in [1.82, 2.24) is 16.0 Å². The van der Waals surface area contributed by atoms with Crippen LogP contribution < -0.4 is 16.0 Å². The standard InChI is InChI=1S/C40H49N3O7/c1-23(2)15-31(37(47)48)32-20-43-40(35(32)45,17-25(5)6)34-21-42-39(36(34)46,16-24(3)4)18-26(44)19-41-38(49)50-22-33-29-13-9-7-11-27(29)28-12-8-10-14-30(28)33/h7-14,20-21,23-25,31,33,42-43H,15-19,22H2,1-6H3,(H,41,49)(H,47,48)/t31-,39+,40+/m1/s1. The normalized spacial score (nSPS) is 21.8. The number of alkyl carbamates (subject to hydrolysis) is 1. The van der Waals surface area contributed by atoms with Crippen LogP contribution in [0.4, 0.5) is 4.79 Å². The number of Topliss-reactive ketones (excluding diaryl/α,β-unsaturated/α-hetero) is 3. The Morgan fingerprint density at radius 3 is 1.98 bits per heavy atom. The molecule has 4 N–H and O–H groups in total. The number of carbonyl (C=O) groups excluding carboxylic acids is 4. The molecule has 2 aromatic rings. The van der Waals surface area contributed by atoms with E-state index in [1.807, 2.05) is 77.9 Å². The Kier molecular flexibility index (Phi) is 10.7. The van der Waals surface area contributed by atoms with Crippen LogP contribution in [0.25, 0.3) is 11.1 Å². The van der Waals surface area contributed by atoms with Gasteiger partial charge in [0.05, 0.1) is 12.5 Å². The summed E-state index contributed by atoms with van der Waals surface area (Å²) in [5, 5.41) is 18.9. The van der Waals surface area contributed by atoms with Gasteiger partial charge in [-0.3, -0.25) is 19.2 Å². The number of aliphatic carboxylic acids is 1. The largest absolute Gasteiger partial charge is 0.481 e. The fourth-order valence-electron chi connectivity index (χ4n) is 7.93. The molecule has 3 atom stereocenters. The van der Waals surface area contributed by atoms with Crippen LogP contribution in [-0.2, 0) is 23.9 Å². The SMILES string of the molecule is CC(C)C[C@@H](C(=O)O)C1=CN[C@@](CC(C)C)(C2=CN[C@](CC(=O)CNC(=O)OCC3c4ccccc4-c4ccccc43)(CC(C)C)C2=O)C1=O. The van der Waals surface area contributed by atoms with Gasteiger partial charge in [-0.1, -0.05) is 90.1 Å². The Labute approximate surface area is 294 Å². The average molecular weight is 684 g/mol. The van der Waals surface area contributed by atoms with Crippen molar-refractivity contribution in [3.63, 3.8) is 0 Å². The maximum absolute atomic E-state index is 14.5. The maximum Gasteiger partial charge on any atom is 0.407 e. The van der Waals surface area contributed by atoms with Crippen molar-refractivity contribution in [3.05, 3.63) is 83.2 Å². The fraction of sp³-hybridized carbons (Fsp3) is 0.475. The van der Waals surface area contributed by atoms with E-state index >= 15 is 0 Å². The monoisotopic (exact) mass is 683 g/mol. The molecule has 1 aliphatic carbocycles. The van der Waals surface area contributed by atoms with Crippen molar-refractivity contribution in [3.8, 4) is 11.1 Å². The molecule has 3 aliphatic rings. The van der Waals surface area contributed by atoms with Crippen LogP contribution in [0.15, 0.2) is 72.1 Å². The first-order valence-electron chi connectivity index (χ1n) is 17.6. The molecule has 0 aromatic heterocycles. The molecule has 0 saturated carbocycles. The number of benzene rings is 2. The van der Waals surface area contributed by atoms with E-state index in [1.165, 1.54) is 12.4 Å². The van der Waals surface area contributed by atoms with Gasteiger partial charge in [-0.2, -0.15) is 0 Å². The summed E-state index contributed by atoms with van der Waals surface area (Å²) in [6, 6.07) is 16.0. The third kappa shape index (κ3) is 7.11. The lowest BCUT2D eigenvalue weighted by Crippen LogP contribution is -2.55. The third-order valence-corrected chi connectivity index (χ3v) is 9.88. The van der Waals surface area contributed by atoms with Crippen molar-refractivity contribution in [2.45, 2.75) is 84.2 Å². The Balaban J connectivity index is 1.27. The zero-order valence-corrected chi connectivity index (χ0v) is 29.8. The highest BCUT2D eigenvalue weighted by Crippen LogP contribution is 2.45. The van der Waals surface area contributed by atoms with E-state index in [0.29, 0.717) is 6.42 Å². The zero-order valence-electron chi connectivity index (χ0n) is 29.8. The molecule has 0 radical (unpaired) electrons. The summed E-state index contributed by atoms with van der Waals surface area (Å²) in [6.45, 7) is 11.3. The lowest BCUT2D eigenvalue weighted by molar-refractivity contribution is -0.142. The van der Waals surface area contributed by atoms with Crippen molar-refractivity contribution in [2.24, 2.45) is 23.7 Å². The number of fused-ring (bicyclic) bond motifs is 3. The lowest BCUT2D eigenvalue weighted by atomic mass is 9.71. The number of hydrogen-bond donors (Lipinski definition) is 4. The van der Waals surface area contributed by atoms with Crippen molar-refractivity contribution >= 4 is 29.4 Å². The van der Waals surface area contributed by atoms with Crippen molar-refractivity contribution < 1.29 is 33.8 Å². The minimum Gasteiger partial charge on any atom is -0.481 e. The van der Waals surface area contributed by atoms with Gasteiger partial charge >= 0.3 is 12.1 Å². The quantitative estimate of drug-likeness (QED) is 0.180. The molecule has 5 rings (SSSR count). The molecule has 10 nitrogen and oxygen atoms in total. The number of carboxylic acid groups (broad SMARTS) is 1. The van der Waals surface area contributed by atoms with Gasteiger partial charge in [0.2, 0.25) is 0 Å². The van der Waals surface area contributed by atoms with E-state index in [2.05, 4.69) is 28.1 Å². The molecule has 1 amide bonds. The third-order valence-electron chi connectivity index (χ3n) is 9.88. The number of ether oxygens (including phenoxy) is 1. The van der Waals surface area contributed by atoms with Crippen LogP contribution in [0.3, 0.4) is 0 Å². The molecule has 0 spiro atoms. The second-order valence-electron chi connectivity index (χ2n) is 15.2. The highest BCUT2D eigenvalue weighted by atomic mass is 16.5. The topological polar surface area (TPSA) is 151 Å². The number of ketones is 3. The second kappa shape index (κ2) is 14.6. The summed E-state index contributed by atoms with van der Waals surface area (Å²) in [6.07, 6.45) is 2.89. The van der Waals surface area contributed by atoms with Crippen LogP contribution in [-0.4, -0.2) is 58.7 Å². The number of nitrogens with one attached hydrogen (secondary N) is 3. The van der Waals surface area contributed by atoms with Crippen LogP contribution in [0, 0.1) is 23.7 Å². The van der Waals surface area contributed by atoms with Crippen molar-refractivity contribution in [1.29, 1.82) is 0 Å². The Bertz CT molecular complexity index is 1700. The molecule has 0 fully saturated rings. The molecule has 2 heterocycles. The molecule has 2 aliphatic heterocycles. The number of amides is 1. The van der Waals surface area contributed by atoms with Gasteiger partial charge < -0.3 is 25.8 Å². The summed E-state index contributed by atoms with van der Waals surface area (Å²) < 4.78 is 5.60. The highest BCUT2D eigenvalue weighted by Gasteiger charge is 2.57. The molecule has 266 valence electrons. The molecule has 0 saturated heterocycles. The van der Waals surface area contributed by atoms with Gasteiger partial charge in [-0.15, -0.1) is 0 Å². The van der Waals surface area contributed by atoms with Crippen LogP contribution >= 0.6 is 0 Å². The Morgan fingerprint density at radius 2 is 1.42 bits per heavy atom. The fourth-order valence-corrected chi connectivity index (χ4v) is 7.93. The van der Waals surface area contributed by atoms with Gasteiger partial charge in [-0.25, -0.2) is 4.79 Å². The van der Waals surface area contributed by atoms with E-state index in [-0.39, 0.29) is 78.8 Å². The van der Waals surface area contributed by atoms with Gasteiger partial charge in [0.1, 0.15) is 17.7 Å². The van der Waals surface area contributed by atoms with E-state index < -0.39 is 34.8 Å². The Hall–Kier alpha value is -4.73. The first-order valence-corrected chi connectivity index (χ1v) is 17.6. The predicted molar refractivity (Wildman–Crippen MR) is 190 cm³/mol. The molecule has 2 aromatic carbocycles. The van der Waals surface area contributed by atoms with E-state index in [4.69, 9.17) is 4.74 Å². The van der Waals surface area contributed by atoms with Gasteiger partial charge in [0.25, 0.3) is 0 Å². The zero-order chi connectivity index (χ0) is 36.4. The summed E-state index contributed by atoms with van der Waals surface area (Å²) in [7, 11) is 0. The smallest absolute Gasteiger partial charge is 0.407 e. The summed E-state index contributed by atoms with van der Waals surface area (Å²) >= 11 is 0. The minimum absolute atomic E-state index is 0.00602. The summed E-state index contributed by atoms with van der Waals surface area (Å²) in [5.74, 6) is -3.40. The average Bonchev–Trinajstić information content (AvgIpc) is 3.66. The van der Waals surface area contributed by atoms with E-state index in [9.17, 15) is 29.1 Å². The van der Waals surface area contributed by atoms with Gasteiger partial charge in [0, 0.05) is 35.9 Å². The van der Waals surface area contributed by atoms with Crippen LogP contribution in [0.5, 0.6) is 0 Å². The first kappa shape index (κ1) is 36.5. The second-order valence-corrected chi connectivity index (χ2v) is 15.2. The summed E-state index contributed by atoms with van der Waals surface area (Å²) in [5.41, 5.74) is 1.92. The highest BCUT2D eigenvalue weighted by molar-refractivity contribution is 6.19. The minimum atomic E-state index is -1.46. The van der Waals surface area contributed by atoms with Crippen LogP contribution in [0.1, 0.15) is 84.3 Å². The predicted octanol–water partition coefficient (Wildman–Crippen LogP) is 5.91. The van der Waals surface area contributed by atoms with Gasteiger partial charge in [0.15, 0.2) is 17.3 Å². The first-order chi connectivity index (χ1) is 23.7. The van der Waals surface area contributed by atoms with E-state index in [0.717, 1.165) is 22.3 Å². The summed E-state index contributed by atoms with van der Waals surface area (Å²) in [4.78, 5) is 67.2. The number of carboxylic acids is 1. The maximum atomic E-state index is 14.5. The molecule has 0 unspecified atom stereocenters. The number of hydrogen-bond acceptors (Lipinski definition) is 8. The molecule has 50 heavy (non-hydrogen) atoms. The number of carbonyl (C=O) groups is 5. The van der Waals surface area contributed by atoms with Crippen molar-refractivity contribution in [2.75, 3.05) is 13.2 Å². The van der Waals surface area contributed by atoms with Gasteiger partial charge in [-0.05, 0) is 59.3 Å². The molecular weight excluding hydrogens is 634 g/mol. The molecular formula is C40H49N3O7. The van der Waals surface area contributed by atoms with Crippen LogP contribution in [0.2, 0.25) is 0 Å². The Morgan fingerprint density at radius 1 is 0.820 bits per heavy atom. The lowest BCUT2D eigenvalue weighted by Gasteiger charge is -2.35.